The number of nitrogens with one attached hydrogen (secondary N) is 1. The van der Waals surface area contributed by atoms with Gasteiger partial charge in [-0.25, -0.2) is 0 Å². The highest BCUT2D eigenvalue weighted by Crippen LogP contribution is 2.27. The molecular formula is C16H20N2. The summed E-state index contributed by atoms with van der Waals surface area (Å²) in [7, 11) is 0. The lowest BCUT2D eigenvalue weighted by atomic mass is 9.96. The van der Waals surface area contributed by atoms with Crippen LogP contribution in [-0.4, -0.2) is 11.5 Å². The lowest BCUT2D eigenvalue weighted by Gasteiger charge is -2.17. The van der Waals surface area contributed by atoms with Gasteiger partial charge in [-0.15, -0.1) is 0 Å². The van der Waals surface area contributed by atoms with Gasteiger partial charge in [-0.2, -0.15) is 0 Å². The van der Waals surface area contributed by atoms with E-state index in [1.165, 1.54) is 22.3 Å². The second-order valence-electron chi connectivity index (χ2n) is 4.62. The average molecular weight is 240 g/mol. The van der Waals surface area contributed by atoms with Gasteiger partial charge in [-0.05, 0) is 43.1 Å². The SMILES string of the molecule is CCNC(C)c1ccccc1-c1cncc(C)c1. The molecule has 1 N–H and O–H groups in total. The molecular weight excluding hydrogens is 220 g/mol. The maximum absolute atomic E-state index is 4.29. The van der Waals surface area contributed by atoms with Crippen molar-refractivity contribution in [2.75, 3.05) is 6.54 Å². The van der Waals surface area contributed by atoms with Crippen molar-refractivity contribution in [3.05, 3.63) is 53.9 Å². The van der Waals surface area contributed by atoms with Crippen molar-refractivity contribution in [3.63, 3.8) is 0 Å². The van der Waals surface area contributed by atoms with Crippen LogP contribution in [-0.2, 0) is 0 Å². The summed E-state index contributed by atoms with van der Waals surface area (Å²) < 4.78 is 0. The van der Waals surface area contributed by atoms with Gasteiger partial charge in [0.2, 0.25) is 0 Å². The normalized spacial score (nSPS) is 12.4. The van der Waals surface area contributed by atoms with E-state index in [2.05, 4.69) is 61.4 Å². The fourth-order valence-corrected chi connectivity index (χ4v) is 2.26. The Hall–Kier alpha value is -1.67. The Kier molecular flexibility index (Phi) is 4.11. The molecule has 1 aromatic heterocycles. The van der Waals surface area contributed by atoms with Gasteiger partial charge in [0.05, 0.1) is 0 Å². The zero-order valence-electron chi connectivity index (χ0n) is 11.3. The molecule has 1 atom stereocenters. The van der Waals surface area contributed by atoms with Gasteiger partial charge in [0.25, 0.3) is 0 Å². The van der Waals surface area contributed by atoms with Crippen LogP contribution in [0.5, 0.6) is 0 Å². The minimum atomic E-state index is 0.353. The number of aromatic nitrogens is 1. The molecule has 2 aromatic rings. The lowest BCUT2D eigenvalue weighted by Crippen LogP contribution is -2.18. The van der Waals surface area contributed by atoms with Crippen LogP contribution in [0.4, 0.5) is 0 Å². The summed E-state index contributed by atoms with van der Waals surface area (Å²) in [4.78, 5) is 4.29. The molecule has 2 rings (SSSR count). The van der Waals surface area contributed by atoms with Crippen molar-refractivity contribution in [1.29, 1.82) is 0 Å². The van der Waals surface area contributed by atoms with Crippen molar-refractivity contribution < 1.29 is 0 Å². The monoisotopic (exact) mass is 240 g/mol. The Morgan fingerprint density at radius 1 is 1.22 bits per heavy atom. The highest BCUT2D eigenvalue weighted by molar-refractivity contribution is 5.67. The number of hydrogen-bond acceptors (Lipinski definition) is 2. The highest BCUT2D eigenvalue weighted by Gasteiger charge is 2.10. The molecule has 0 amide bonds. The third kappa shape index (κ3) is 2.77. The molecule has 0 aliphatic carbocycles. The Morgan fingerprint density at radius 2 is 2.00 bits per heavy atom. The first-order chi connectivity index (χ1) is 8.72. The first kappa shape index (κ1) is 12.8. The topological polar surface area (TPSA) is 24.9 Å². The minimum Gasteiger partial charge on any atom is -0.310 e. The van der Waals surface area contributed by atoms with Crippen molar-refractivity contribution in [2.45, 2.75) is 26.8 Å². The summed E-state index contributed by atoms with van der Waals surface area (Å²) in [5, 5.41) is 3.47. The van der Waals surface area contributed by atoms with Crippen molar-refractivity contribution in [1.82, 2.24) is 10.3 Å². The van der Waals surface area contributed by atoms with Crippen LogP contribution in [0.15, 0.2) is 42.7 Å². The zero-order chi connectivity index (χ0) is 13.0. The van der Waals surface area contributed by atoms with Gasteiger partial charge in [0, 0.05) is 24.0 Å². The first-order valence-electron chi connectivity index (χ1n) is 6.46. The minimum absolute atomic E-state index is 0.353. The van der Waals surface area contributed by atoms with E-state index in [9.17, 15) is 0 Å². The molecule has 0 aliphatic rings. The zero-order valence-corrected chi connectivity index (χ0v) is 11.3. The van der Waals surface area contributed by atoms with E-state index in [0.29, 0.717) is 6.04 Å². The fourth-order valence-electron chi connectivity index (χ4n) is 2.26. The summed E-state index contributed by atoms with van der Waals surface area (Å²) >= 11 is 0. The predicted molar refractivity (Wildman–Crippen MR) is 76.5 cm³/mol. The molecule has 2 nitrogen and oxygen atoms in total. The van der Waals surface area contributed by atoms with Crippen molar-refractivity contribution >= 4 is 0 Å². The molecule has 94 valence electrons. The van der Waals surface area contributed by atoms with Gasteiger partial charge >= 0.3 is 0 Å². The van der Waals surface area contributed by atoms with Crippen LogP contribution >= 0.6 is 0 Å². The fraction of sp³-hybridized carbons (Fsp3) is 0.312. The Morgan fingerprint density at radius 3 is 2.72 bits per heavy atom. The van der Waals surface area contributed by atoms with E-state index < -0.39 is 0 Å². The molecule has 0 saturated carbocycles. The highest BCUT2D eigenvalue weighted by atomic mass is 14.9. The summed E-state index contributed by atoms with van der Waals surface area (Å²) in [6.45, 7) is 7.38. The van der Waals surface area contributed by atoms with Crippen LogP contribution in [0.2, 0.25) is 0 Å². The van der Waals surface area contributed by atoms with Crippen LogP contribution < -0.4 is 5.32 Å². The molecule has 0 aliphatic heterocycles. The van der Waals surface area contributed by atoms with Crippen LogP contribution in [0.25, 0.3) is 11.1 Å². The molecule has 1 heterocycles. The molecule has 0 fully saturated rings. The molecule has 1 unspecified atom stereocenters. The Bertz CT molecular complexity index is 520. The third-order valence-electron chi connectivity index (χ3n) is 3.12. The number of aryl methyl sites for hydroxylation is 1. The first-order valence-corrected chi connectivity index (χ1v) is 6.46. The van der Waals surface area contributed by atoms with E-state index in [1.807, 2.05) is 12.4 Å². The van der Waals surface area contributed by atoms with Gasteiger partial charge in [0.15, 0.2) is 0 Å². The molecule has 1 aromatic carbocycles. The summed E-state index contributed by atoms with van der Waals surface area (Å²) in [5.74, 6) is 0. The van der Waals surface area contributed by atoms with E-state index >= 15 is 0 Å². The number of benzene rings is 1. The molecule has 0 saturated heterocycles. The summed E-state index contributed by atoms with van der Waals surface area (Å²) in [5.41, 5.74) is 4.97. The number of hydrogen-bond donors (Lipinski definition) is 1. The quantitative estimate of drug-likeness (QED) is 0.881. The van der Waals surface area contributed by atoms with Crippen molar-refractivity contribution in [3.8, 4) is 11.1 Å². The van der Waals surface area contributed by atoms with Gasteiger partial charge in [-0.3, -0.25) is 4.98 Å². The molecule has 18 heavy (non-hydrogen) atoms. The third-order valence-corrected chi connectivity index (χ3v) is 3.12. The summed E-state index contributed by atoms with van der Waals surface area (Å²) in [6.07, 6.45) is 3.82. The smallest absolute Gasteiger partial charge is 0.0346 e. The second kappa shape index (κ2) is 5.78. The standard InChI is InChI=1S/C16H20N2/c1-4-18-13(3)15-7-5-6-8-16(15)14-9-12(2)10-17-11-14/h5-11,13,18H,4H2,1-3H3. The number of rotatable bonds is 4. The summed E-state index contributed by atoms with van der Waals surface area (Å²) in [6, 6.07) is 11.1. The Balaban J connectivity index is 2.44. The van der Waals surface area contributed by atoms with E-state index in [1.54, 1.807) is 0 Å². The molecule has 0 spiro atoms. The number of nitrogens with zero attached hydrogens (tertiary/aromatic N) is 1. The van der Waals surface area contributed by atoms with Crippen molar-refractivity contribution in [2.24, 2.45) is 0 Å². The average Bonchev–Trinajstić information content (AvgIpc) is 2.39. The molecule has 0 bridgehead atoms. The maximum atomic E-state index is 4.29. The lowest BCUT2D eigenvalue weighted by molar-refractivity contribution is 0.599. The van der Waals surface area contributed by atoms with Gasteiger partial charge in [-0.1, -0.05) is 31.2 Å². The van der Waals surface area contributed by atoms with Crippen LogP contribution in [0.3, 0.4) is 0 Å². The number of pyridine rings is 1. The molecule has 2 heteroatoms. The molecule has 0 radical (unpaired) electrons. The Labute approximate surface area is 109 Å². The van der Waals surface area contributed by atoms with E-state index in [0.717, 1.165) is 6.54 Å². The maximum Gasteiger partial charge on any atom is 0.0346 e. The van der Waals surface area contributed by atoms with Crippen LogP contribution in [0.1, 0.15) is 31.0 Å². The van der Waals surface area contributed by atoms with E-state index in [-0.39, 0.29) is 0 Å². The second-order valence-corrected chi connectivity index (χ2v) is 4.62. The van der Waals surface area contributed by atoms with E-state index in [4.69, 9.17) is 0 Å². The van der Waals surface area contributed by atoms with Gasteiger partial charge in [0.1, 0.15) is 0 Å². The van der Waals surface area contributed by atoms with Gasteiger partial charge < -0.3 is 5.32 Å². The largest absolute Gasteiger partial charge is 0.310 e. The van der Waals surface area contributed by atoms with Crippen LogP contribution in [0, 0.1) is 6.92 Å². The predicted octanol–water partition coefficient (Wildman–Crippen LogP) is 3.73.